The summed E-state index contributed by atoms with van der Waals surface area (Å²) in [6.45, 7) is 1.41. The predicted octanol–water partition coefficient (Wildman–Crippen LogP) is 4.33. The molecule has 0 aliphatic heterocycles. The lowest BCUT2D eigenvalue weighted by molar-refractivity contribution is -0.114. The van der Waals surface area contributed by atoms with Crippen LogP contribution in [0, 0.1) is 0 Å². The van der Waals surface area contributed by atoms with Gasteiger partial charge >= 0.3 is 6.09 Å². The number of amides is 2. The van der Waals surface area contributed by atoms with Gasteiger partial charge in [0, 0.05) is 13.0 Å². The van der Waals surface area contributed by atoms with Gasteiger partial charge < -0.3 is 20.1 Å². The number of aliphatic imine (C=N–C) groups is 1. The van der Waals surface area contributed by atoms with E-state index < -0.39 is 6.09 Å². The van der Waals surface area contributed by atoms with Gasteiger partial charge in [-0.25, -0.2) is 4.79 Å². The summed E-state index contributed by atoms with van der Waals surface area (Å²) in [7, 11) is 1.25. The molecular weight excluding hydrogens is 354 g/mol. The minimum Gasteiger partial charge on any atom is -0.457 e. The van der Waals surface area contributed by atoms with Crippen LogP contribution < -0.4 is 15.4 Å². The van der Waals surface area contributed by atoms with Crippen LogP contribution in [0.25, 0.3) is 0 Å². The van der Waals surface area contributed by atoms with Gasteiger partial charge in [0.15, 0.2) is 5.17 Å². The fourth-order valence-electron chi connectivity index (χ4n) is 1.98. The van der Waals surface area contributed by atoms with Crippen LogP contribution in [-0.2, 0) is 9.53 Å². The van der Waals surface area contributed by atoms with Crippen molar-refractivity contribution in [3.63, 3.8) is 0 Å². The molecular formula is C18H19N3O4S. The van der Waals surface area contributed by atoms with Gasteiger partial charge in [0.1, 0.15) is 11.5 Å². The second-order valence-electron chi connectivity index (χ2n) is 5.02. The molecule has 2 rings (SSSR count). The number of thioether (sulfide) groups is 1. The molecule has 0 atom stereocenters. The average molecular weight is 373 g/mol. The summed E-state index contributed by atoms with van der Waals surface area (Å²) in [6, 6.07) is 14.5. The van der Waals surface area contributed by atoms with Crippen LogP contribution in [0.1, 0.15) is 6.92 Å². The normalized spacial score (nSPS) is 10.8. The molecule has 0 saturated heterocycles. The van der Waals surface area contributed by atoms with Gasteiger partial charge in [-0.2, -0.15) is 4.99 Å². The number of amidine groups is 1. The maximum Gasteiger partial charge on any atom is 0.435 e. The van der Waals surface area contributed by atoms with Crippen LogP contribution in [0.5, 0.6) is 11.5 Å². The molecule has 2 N–H and O–H groups in total. The van der Waals surface area contributed by atoms with Crippen molar-refractivity contribution in [2.45, 2.75) is 6.92 Å². The first-order valence-corrected chi connectivity index (χ1v) is 8.86. The third-order valence-electron chi connectivity index (χ3n) is 3.08. The largest absolute Gasteiger partial charge is 0.457 e. The lowest BCUT2D eigenvalue weighted by Crippen LogP contribution is -2.14. The standard InChI is InChI=1S/C18H19N3O4S/c1-12(22)19-16-11-14(25-13-7-5-4-6-8-13)9-10-15(16)20-17(26-3)21-18(23)24-2/h4-11H,1-3H3,(H,19,22)(H,20,21,23). The summed E-state index contributed by atoms with van der Waals surface area (Å²) in [5.41, 5.74) is 1.06. The molecule has 0 aromatic heterocycles. The van der Waals surface area contributed by atoms with E-state index in [4.69, 9.17) is 4.74 Å². The Balaban J connectivity index is 2.29. The van der Waals surface area contributed by atoms with E-state index in [0.29, 0.717) is 28.0 Å². The summed E-state index contributed by atoms with van der Waals surface area (Å²) in [5.74, 6) is 1.00. The summed E-state index contributed by atoms with van der Waals surface area (Å²) in [6.07, 6.45) is 1.05. The highest BCUT2D eigenvalue weighted by atomic mass is 32.2. The summed E-state index contributed by atoms with van der Waals surface area (Å²) < 4.78 is 10.3. The minimum atomic E-state index is -0.716. The summed E-state index contributed by atoms with van der Waals surface area (Å²) in [5, 5.41) is 6.07. The Morgan fingerprint density at radius 3 is 2.35 bits per heavy atom. The number of benzene rings is 2. The van der Waals surface area contributed by atoms with Crippen LogP contribution >= 0.6 is 11.8 Å². The lowest BCUT2D eigenvalue weighted by atomic mass is 10.2. The Hall–Kier alpha value is -3.00. The van der Waals surface area contributed by atoms with Crippen LogP contribution in [0.3, 0.4) is 0 Å². The highest BCUT2D eigenvalue weighted by Crippen LogP contribution is 2.30. The molecule has 2 aromatic carbocycles. The van der Waals surface area contributed by atoms with E-state index in [-0.39, 0.29) is 5.91 Å². The van der Waals surface area contributed by atoms with Crippen molar-refractivity contribution in [2.24, 2.45) is 4.99 Å². The maximum absolute atomic E-state index is 11.5. The van der Waals surface area contributed by atoms with E-state index in [2.05, 4.69) is 20.4 Å². The number of nitrogens with one attached hydrogen (secondary N) is 2. The van der Waals surface area contributed by atoms with Gasteiger partial charge in [-0.15, -0.1) is 0 Å². The molecule has 7 nitrogen and oxygen atoms in total. The van der Waals surface area contributed by atoms with E-state index in [1.807, 2.05) is 30.3 Å². The van der Waals surface area contributed by atoms with Crippen molar-refractivity contribution in [3.8, 4) is 11.5 Å². The monoisotopic (exact) mass is 373 g/mol. The van der Waals surface area contributed by atoms with Gasteiger partial charge in [-0.1, -0.05) is 30.0 Å². The second-order valence-corrected chi connectivity index (χ2v) is 5.81. The zero-order valence-electron chi connectivity index (χ0n) is 14.6. The Morgan fingerprint density at radius 1 is 1.00 bits per heavy atom. The van der Waals surface area contributed by atoms with E-state index in [1.54, 1.807) is 24.5 Å². The first-order chi connectivity index (χ1) is 12.5. The van der Waals surface area contributed by atoms with Crippen molar-refractivity contribution in [3.05, 3.63) is 48.5 Å². The quantitative estimate of drug-likeness (QED) is 0.612. The van der Waals surface area contributed by atoms with Gasteiger partial charge in [-0.3, -0.25) is 4.79 Å². The Kier molecular flexibility index (Phi) is 7.04. The number of nitrogens with zero attached hydrogens (tertiary/aromatic N) is 1. The number of methoxy groups -OCH3 is 1. The Morgan fingerprint density at radius 2 is 1.73 bits per heavy atom. The molecule has 0 unspecified atom stereocenters. The molecule has 0 saturated carbocycles. The number of hydrogen-bond donors (Lipinski definition) is 2. The van der Waals surface area contributed by atoms with E-state index >= 15 is 0 Å². The highest BCUT2D eigenvalue weighted by molar-refractivity contribution is 8.13. The van der Waals surface area contributed by atoms with E-state index in [1.165, 1.54) is 25.8 Å². The number of carbonyl (C=O) groups is 2. The fourth-order valence-corrected chi connectivity index (χ4v) is 2.36. The second kappa shape index (κ2) is 9.47. The molecule has 0 radical (unpaired) electrons. The molecule has 0 bridgehead atoms. The molecule has 0 aliphatic carbocycles. The fraction of sp³-hybridized carbons (Fsp3) is 0.167. The molecule has 8 heteroatoms. The minimum absolute atomic E-state index is 0.236. The van der Waals surface area contributed by atoms with Gasteiger partial charge in [0.2, 0.25) is 5.91 Å². The molecule has 136 valence electrons. The number of para-hydroxylation sites is 1. The maximum atomic E-state index is 11.5. The van der Waals surface area contributed by atoms with Crippen molar-refractivity contribution >= 4 is 40.3 Å². The van der Waals surface area contributed by atoms with E-state index in [9.17, 15) is 9.59 Å². The smallest absolute Gasteiger partial charge is 0.435 e. The van der Waals surface area contributed by atoms with Crippen LogP contribution in [-0.4, -0.2) is 30.5 Å². The van der Waals surface area contributed by atoms with Crippen molar-refractivity contribution in [1.29, 1.82) is 0 Å². The highest BCUT2D eigenvalue weighted by Gasteiger charge is 2.10. The number of hydrogen-bond acceptors (Lipinski definition) is 5. The van der Waals surface area contributed by atoms with Crippen molar-refractivity contribution < 1.29 is 19.1 Å². The van der Waals surface area contributed by atoms with Crippen molar-refractivity contribution in [1.82, 2.24) is 0 Å². The third-order valence-corrected chi connectivity index (χ3v) is 3.66. The zero-order chi connectivity index (χ0) is 18.9. The summed E-state index contributed by atoms with van der Waals surface area (Å²) >= 11 is 1.24. The molecule has 0 aliphatic rings. The molecule has 0 heterocycles. The first kappa shape index (κ1) is 19.3. The number of ether oxygens (including phenoxy) is 2. The van der Waals surface area contributed by atoms with Crippen LogP contribution in [0.15, 0.2) is 53.5 Å². The van der Waals surface area contributed by atoms with E-state index in [0.717, 1.165) is 0 Å². The average Bonchev–Trinajstić information content (AvgIpc) is 2.63. The van der Waals surface area contributed by atoms with Gasteiger partial charge in [0.05, 0.1) is 18.5 Å². The van der Waals surface area contributed by atoms with Crippen LogP contribution in [0.4, 0.5) is 16.2 Å². The third kappa shape index (κ3) is 5.82. The molecule has 26 heavy (non-hydrogen) atoms. The first-order valence-electron chi connectivity index (χ1n) is 7.64. The number of carbonyl (C=O) groups excluding carboxylic acids is 2. The molecule has 0 spiro atoms. The van der Waals surface area contributed by atoms with Crippen molar-refractivity contribution in [2.75, 3.05) is 24.0 Å². The van der Waals surface area contributed by atoms with Gasteiger partial charge in [0.25, 0.3) is 0 Å². The topological polar surface area (TPSA) is 89.0 Å². The molecule has 2 amide bonds. The Bertz CT molecular complexity index is 809. The van der Waals surface area contributed by atoms with Crippen LogP contribution in [0.2, 0.25) is 0 Å². The number of anilines is 2. The predicted molar refractivity (Wildman–Crippen MR) is 104 cm³/mol. The van der Waals surface area contributed by atoms with Gasteiger partial charge in [-0.05, 0) is 30.5 Å². The number of rotatable bonds is 4. The lowest BCUT2D eigenvalue weighted by Gasteiger charge is -2.14. The Labute approximate surface area is 155 Å². The molecule has 2 aromatic rings. The molecule has 0 fully saturated rings. The summed E-state index contributed by atoms with van der Waals surface area (Å²) in [4.78, 5) is 26.6. The zero-order valence-corrected chi connectivity index (χ0v) is 15.4. The SMILES string of the molecule is COC(=O)/N=C(/Nc1ccc(Oc2ccccc2)cc1NC(C)=O)SC.